The summed E-state index contributed by atoms with van der Waals surface area (Å²) in [6, 6.07) is 12.4. The van der Waals surface area contributed by atoms with Crippen LogP contribution in [0.3, 0.4) is 0 Å². The van der Waals surface area contributed by atoms with E-state index < -0.39 is 0 Å². The molecule has 0 aromatic heterocycles. The molecule has 0 fully saturated rings. The molecule has 0 atom stereocenters. The molecule has 116 valence electrons. The highest BCUT2D eigenvalue weighted by Gasteiger charge is 2.14. The summed E-state index contributed by atoms with van der Waals surface area (Å²) in [4.78, 5) is 12.5. The van der Waals surface area contributed by atoms with Gasteiger partial charge in [-0.15, -0.1) is 0 Å². The third-order valence-electron chi connectivity index (χ3n) is 3.56. The van der Waals surface area contributed by atoms with E-state index >= 15 is 0 Å². The Morgan fingerprint density at radius 2 is 1.82 bits per heavy atom. The van der Waals surface area contributed by atoms with Gasteiger partial charge in [0, 0.05) is 11.6 Å². The van der Waals surface area contributed by atoms with Gasteiger partial charge in [0.1, 0.15) is 11.5 Å². The summed E-state index contributed by atoms with van der Waals surface area (Å²) in [5.41, 5.74) is 2.11. The first-order valence-corrected chi connectivity index (χ1v) is 7.75. The Morgan fingerprint density at radius 3 is 2.41 bits per heavy atom. The number of unbranched alkanes of at least 4 members (excludes halogenated alkanes) is 1. The molecule has 2 aromatic rings. The molecule has 0 saturated carbocycles. The number of aryl methyl sites for hydroxylation is 1. The van der Waals surface area contributed by atoms with Gasteiger partial charge >= 0.3 is 0 Å². The van der Waals surface area contributed by atoms with Crippen LogP contribution < -0.4 is 4.74 Å². The average molecular weight is 298 g/mol. The topological polar surface area (TPSA) is 46.5 Å². The van der Waals surface area contributed by atoms with Crippen molar-refractivity contribution in [3.63, 3.8) is 0 Å². The number of ketones is 1. The molecule has 1 N–H and O–H groups in total. The van der Waals surface area contributed by atoms with Gasteiger partial charge in [-0.3, -0.25) is 4.79 Å². The van der Waals surface area contributed by atoms with Gasteiger partial charge in [-0.1, -0.05) is 37.6 Å². The number of carbonyl (C=O) groups excluding carboxylic acids is 1. The summed E-state index contributed by atoms with van der Waals surface area (Å²) >= 11 is 0. The Morgan fingerprint density at radius 1 is 1.09 bits per heavy atom. The van der Waals surface area contributed by atoms with Crippen LogP contribution in [-0.4, -0.2) is 17.5 Å². The zero-order valence-corrected chi connectivity index (χ0v) is 13.1. The summed E-state index contributed by atoms with van der Waals surface area (Å²) in [6.45, 7) is 4.55. The summed E-state index contributed by atoms with van der Waals surface area (Å²) in [5, 5.41) is 10.0. The highest BCUT2D eigenvalue weighted by molar-refractivity contribution is 6.10. The minimum atomic E-state index is -0.178. The van der Waals surface area contributed by atoms with Crippen molar-refractivity contribution in [2.24, 2.45) is 0 Å². The van der Waals surface area contributed by atoms with Crippen molar-refractivity contribution >= 4 is 5.78 Å². The van der Waals surface area contributed by atoms with Crippen LogP contribution in [0.2, 0.25) is 0 Å². The van der Waals surface area contributed by atoms with Crippen molar-refractivity contribution < 1.29 is 14.6 Å². The van der Waals surface area contributed by atoms with Gasteiger partial charge in [-0.25, -0.2) is 0 Å². The van der Waals surface area contributed by atoms with E-state index in [2.05, 4.69) is 6.92 Å². The molecular weight excluding hydrogens is 276 g/mol. The Labute approximate surface area is 131 Å². The maximum absolute atomic E-state index is 12.5. The van der Waals surface area contributed by atoms with Crippen LogP contribution in [0.25, 0.3) is 0 Å². The summed E-state index contributed by atoms with van der Waals surface area (Å²) in [7, 11) is 0. The number of phenolic OH excluding ortho intramolecular Hbond substituents is 1. The van der Waals surface area contributed by atoms with Crippen LogP contribution in [-0.2, 0) is 6.42 Å². The highest BCUT2D eigenvalue weighted by atomic mass is 16.5. The Balaban J connectivity index is 2.17. The SMILES string of the molecule is CCCCc1ccc(C(=O)c2ccc(OCC)cc2O)cc1. The Kier molecular flexibility index (Phi) is 5.59. The fourth-order valence-electron chi connectivity index (χ4n) is 2.32. The first kappa shape index (κ1) is 16.1. The maximum Gasteiger partial charge on any atom is 0.196 e. The molecule has 2 rings (SSSR count). The van der Waals surface area contributed by atoms with Gasteiger partial charge in [0.25, 0.3) is 0 Å². The molecule has 0 aliphatic carbocycles. The zero-order valence-electron chi connectivity index (χ0n) is 13.1. The van der Waals surface area contributed by atoms with Gasteiger partial charge in [-0.05, 0) is 37.5 Å². The van der Waals surface area contributed by atoms with Crippen LogP contribution in [0.4, 0.5) is 0 Å². The normalized spacial score (nSPS) is 10.5. The minimum absolute atomic E-state index is 0.0500. The summed E-state index contributed by atoms with van der Waals surface area (Å²) in [5.74, 6) is 0.333. The number of aromatic hydroxyl groups is 1. The number of hydrogen-bond donors (Lipinski definition) is 1. The van der Waals surface area contributed by atoms with E-state index in [1.54, 1.807) is 12.1 Å². The van der Waals surface area contributed by atoms with Crippen molar-refractivity contribution in [3.05, 3.63) is 59.2 Å². The number of carbonyl (C=O) groups is 1. The van der Waals surface area contributed by atoms with Gasteiger partial charge < -0.3 is 9.84 Å². The first-order valence-electron chi connectivity index (χ1n) is 7.75. The first-order chi connectivity index (χ1) is 10.7. The van der Waals surface area contributed by atoms with Gasteiger partial charge in [0.15, 0.2) is 5.78 Å². The molecule has 0 bridgehead atoms. The second kappa shape index (κ2) is 7.64. The second-order valence-electron chi connectivity index (χ2n) is 5.24. The third-order valence-corrected chi connectivity index (χ3v) is 3.56. The summed E-state index contributed by atoms with van der Waals surface area (Å²) < 4.78 is 5.31. The quantitative estimate of drug-likeness (QED) is 0.772. The fourth-order valence-corrected chi connectivity index (χ4v) is 2.32. The lowest BCUT2D eigenvalue weighted by molar-refractivity contribution is 0.103. The number of hydrogen-bond acceptors (Lipinski definition) is 3. The molecule has 3 nitrogen and oxygen atoms in total. The van der Waals surface area contributed by atoms with Crippen LogP contribution in [0.5, 0.6) is 11.5 Å². The van der Waals surface area contributed by atoms with Crippen molar-refractivity contribution in [2.75, 3.05) is 6.61 Å². The van der Waals surface area contributed by atoms with E-state index in [0.717, 1.165) is 19.3 Å². The van der Waals surface area contributed by atoms with E-state index in [-0.39, 0.29) is 11.5 Å². The lowest BCUT2D eigenvalue weighted by atomic mass is 10.00. The van der Waals surface area contributed by atoms with Crippen LogP contribution in [0, 0.1) is 0 Å². The molecule has 0 saturated heterocycles. The minimum Gasteiger partial charge on any atom is -0.507 e. The molecule has 2 aromatic carbocycles. The van der Waals surface area contributed by atoms with Gasteiger partial charge in [0.05, 0.1) is 12.2 Å². The molecule has 3 heteroatoms. The van der Waals surface area contributed by atoms with E-state index in [1.165, 1.54) is 11.6 Å². The second-order valence-corrected chi connectivity index (χ2v) is 5.24. The molecule has 0 unspecified atom stereocenters. The standard InChI is InChI=1S/C19H22O3/c1-3-5-6-14-7-9-15(10-8-14)19(21)17-12-11-16(22-4-2)13-18(17)20/h7-13,20H,3-6H2,1-2H3. The smallest absolute Gasteiger partial charge is 0.196 e. The predicted molar refractivity (Wildman–Crippen MR) is 87.8 cm³/mol. The van der Waals surface area contributed by atoms with E-state index in [4.69, 9.17) is 4.74 Å². The molecule has 0 heterocycles. The van der Waals surface area contributed by atoms with Gasteiger partial charge in [0.2, 0.25) is 0 Å². The van der Waals surface area contributed by atoms with Crippen molar-refractivity contribution in [1.29, 1.82) is 0 Å². The third kappa shape index (κ3) is 3.88. The molecule has 0 radical (unpaired) electrons. The maximum atomic E-state index is 12.5. The molecule has 22 heavy (non-hydrogen) atoms. The lowest BCUT2D eigenvalue weighted by Gasteiger charge is -2.08. The molecule has 0 aliphatic heterocycles. The van der Waals surface area contributed by atoms with Crippen molar-refractivity contribution in [2.45, 2.75) is 33.1 Å². The fraction of sp³-hybridized carbons (Fsp3) is 0.316. The number of benzene rings is 2. The Bertz CT molecular complexity index is 630. The van der Waals surface area contributed by atoms with E-state index in [1.807, 2.05) is 31.2 Å². The number of ether oxygens (including phenoxy) is 1. The predicted octanol–water partition coefficient (Wildman–Crippen LogP) is 4.36. The summed E-state index contributed by atoms with van der Waals surface area (Å²) in [6.07, 6.45) is 3.33. The molecule has 0 spiro atoms. The van der Waals surface area contributed by atoms with Crippen LogP contribution >= 0.6 is 0 Å². The zero-order chi connectivity index (χ0) is 15.9. The molecular formula is C19H22O3. The largest absolute Gasteiger partial charge is 0.507 e. The number of rotatable bonds is 7. The Hall–Kier alpha value is -2.29. The number of phenols is 1. The van der Waals surface area contributed by atoms with Gasteiger partial charge in [-0.2, -0.15) is 0 Å². The monoisotopic (exact) mass is 298 g/mol. The van der Waals surface area contributed by atoms with E-state index in [9.17, 15) is 9.90 Å². The van der Waals surface area contributed by atoms with Crippen LogP contribution in [0.15, 0.2) is 42.5 Å². The van der Waals surface area contributed by atoms with E-state index in [0.29, 0.717) is 23.5 Å². The van der Waals surface area contributed by atoms with Crippen LogP contribution in [0.1, 0.15) is 48.2 Å². The average Bonchev–Trinajstić information content (AvgIpc) is 2.53. The lowest BCUT2D eigenvalue weighted by Crippen LogP contribution is -2.02. The van der Waals surface area contributed by atoms with Crippen molar-refractivity contribution in [3.8, 4) is 11.5 Å². The molecule has 0 aliphatic rings. The highest BCUT2D eigenvalue weighted by Crippen LogP contribution is 2.26. The van der Waals surface area contributed by atoms with Crippen molar-refractivity contribution in [1.82, 2.24) is 0 Å². The molecule has 0 amide bonds.